The first-order chi connectivity index (χ1) is 5.84. The highest BCUT2D eigenvalue weighted by atomic mass is 16.5. The quantitative estimate of drug-likeness (QED) is 0.592. The van der Waals surface area contributed by atoms with Crippen molar-refractivity contribution in [2.45, 2.75) is 26.2 Å². The van der Waals surface area contributed by atoms with Crippen LogP contribution in [-0.4, -0.2) is 19.0 Å². The number of ether oxygens (including phenoxy) is 1. The molecule has 0 bridgehead atoms. The van der Waals surface area contributed by atoms with Crippen molar-refractivity contribution >= 4 is 5.78 Å². The molecule has 12 heavy (non-hydrogen) atoms. The first-order valence-electron chi connectivity index (χ1n) is 4.34. The molecule has 0 amide bonds. The molecule has 2 nitrogen and oxygen atoms in total. The third kappa shape index (κ3) is 2.67. The van der Waals surface area contributed by atoms with Gasteiger partial charge in [0.25, 0.3) is 0 Å². The zero-order chi connectivity index (χ0) is 8.81. The lowest BCUT2D eigenvalue weighted by atomic mass is 10.00. The number of hydrogen-bond acceptors (Lipinski definition) is 2. The third-order valence-electron chi connectivity index (χ3n) is 2.06. The lowest BCUT2D eigenvalue weighted by Gasteiger charge is -2.02. The van der Waals surface area contributed by atoms with E-state index in [4.69, 9.17) is 4.74 Å². The van der Waals surface area contributed by atoms with Crippen LogP contribution in [0.4, 0.5) is 0 Å². The van der Waals surface area contributed by atoms with Gasteiger partial charge < -0.3 is 4.74 Å². The van der Waals surface area contributed by atoms with Crippen molar-refractivity contribution in [1.29, 1.82) is 0 Å². The van der Waals surface area contributed by atoms with E-state index >= 15 is 0 Å². The average Bonchev–Trinajstić information content (AvgIpc) is 2.56. The molecule has 0 aromatic carbocycles. The van der Waals surface area contributed by atoms with Gasteiger partial charge in [-0.2, -0.15) is 0 Å². The van der Waals surface area contributed by atoms with Crippen LogP contribution in [0.2, 0.25) is 0 Å². The predicted molar refractivity (Wildman–Crippen MR) is 46.6 cm³/mol. The second-order valence-electron chi connectivity index (χ2n) is 2.95. The van der Waals surface area contributed by atoms with Crippen molar-refractivity contribution in [3.8, 4) is 11.8 Å². The number of Topliss-reactive ketones (excluding diaryl/α,β-unsaturated/α-hetero) is 1. The fourth-order valence-electron chi connectivity index (χ4n) is 1.30. The van der Waals surface area contributed by atoms with E-state index in [0.717, 1.165) is 13.0 Å². The van der Waals surface area contributed by atoms with Gasteiger partial charge in [0.2, 0.25) is 0 Å². The van der Waals surface area contributed by atoms with E-state index < -0.39 is 0 Å². The zero-order valence-electron chi connectivity index (χ0n) is 7.43. The minimum Gasteiger partial charge on any atom is -0.381 e. The molecule has 1 rings (SSSR count). The highest BCUT2D eigenvalue weighted by molar-refractivity contribution is 5.81. The first kappa shape index (κ1) is 9.28. The molecule has 0 spiro atoms. The lowest BCUT2D eigenvalue weighted by molar-refractivity contribution is -0.122. The van der Waals surface area contributed by atoms with Crippen molar-refractivity contribution < 1.29 is 9.53 Å². The standard InChI is InChI=1S/C10H14O2/c1-2-3-4-5-10(11)9-6-7-12-8-9/h9H,4-8H2,1H3. The molecule has 1 atom stereocenters. The first-order valence-corrected chi connectivity index (χ1v) is 4.34. The average molecular weight is 166 g/mol. The van der Waals surface area contributed by atoms with Crippen LogP contribution in [0.1, 0.15) is 26.2 Å². The highest BCUT2D eigenvalue weighted by Crippen LogP contribution is 2.15. The fraction of sp³-hybridized carbons (Fsp3) is 0.700. The molecule has 1 saturated heterocycles. The van der Waals surface area contributed by atoms with Gasteiger partial charge in [0.1, 0.15) is 5.78 Å². The lowest BCUT2D eigenvalue weighted by Crippen LogP contribution is -2.13. The SMILES string of the molecule is CC#CCCC(=O)C1CCOC1. The Morgan fingerprint density at radius 2 is 2.50 bits per heavy atom. The Labute approximate surface area is 73.3 Å². The number of ketones is 1. The van der Waals surface area contributed by atoms with Crippen LogP contribution < -0.4 is 0 Å². The molecule has 1 aliphatic heterocycles. The van der Waals surface area contributed by atoms with Crippen molar-refractivity contribution in [3.05, 3.63) is 0 Å². The summed E-state index contributed by atoms with van der Waals surface area (Å²) in [6.07, 6.45) is 2.19. The van der Waals surface area contributed by atoms with E-state index in [-0.39, 0.29) is 5.92 Å². The van der Waals surface area contributed by atoms with Crippen LogP contribution in [0.3, 0.4) is 0 Å². The molecule has 1 unspecified atom stereocenters. The van der Waals surface area contributed by atoms with E-state index in [1.54, 1.807) is 6.92 Å². The number of carbonyl (C=O) groups excluding carboxylic acids is 1. The molecular weight excluding hydrogens is 152 g/mol. The zero-order valence-corrected chi connectivity index (χ0v) is 7.43. The van der Waals surface area contributed by atoms with Crippen molar-refractivity contribution in [2.24, 2.45) is 5.92 Å². The Morgan fingerprint density at radius 1 is 1.67 bits per heavy atom. The fourth-order valence-corrected chi connectivity index (χ4v) is 1.30. The molecule has 0 saturated carbocycles. The van der Waals surface area contributed by atoms with Gasteiger partial charge in [-0.25, -0.2) is 0 Å². The molecule has 66 valence electrons. The van der Waals surface area contributed by atoms with Gasteiger partial charge in [-0.3, -0.25) is 4.79 Å². The maximum absolute atomic E-state index is 11.4. The van der Waals surface area contributed by atoms with Crippen LogP contribution >= 0.6 is 0 Å². The van der Waals surface area contributed by atoms with Gasteiger partial charge in [0.15, 0.2) is 0 Å². The molecule has 1 heterocycles. The molecular formula is C10H14O2. The predicted octanol–water partition coefficient (Wildman–Crippen LogP) is 1.40. The van der Waals surface area contributed by atoms with Gasteiger partial charge in [-0.15, -0.1) is 11.8 Å². The van der Waals surface area contributed by atoms with Crippen molar-refractivity contribution in [1.82, 2.24) is 0 Å². The summed E-state index contributed by atoms with van der Waals surface area (Å²) in [6, 6.07) is 0. The maximum Gasteiger partial charge on any atom is 0.139 e. The van der Waals surface area contributed by atoms with Gasteiger partial charge >= 0.3 is 0 Å². The second kappa shape index (κ2) is 4.95. The number of rotatable bonds is 3. The Balaban J connectivity index is 2.21. The minimum atomic E-state index is 0.156. The van der Waals surface area contributed by atoms with E-state index in [0.29, 0.717) is 25.2 Å². The van der Waals surface area contributed by atoms with Crippen LogP contribution in [0.25, 0.3) is 0 Å². The summed E-state index contributed by atoms with van der Waals surface area (Å²) in [7, 11) is 0. The Morgan fingerprint density at radius 3 is 3.08 bits per heavy atom. The van der Waals surface area contributed by atoms with Gasteiger partial charge in [0.05, 0.1) is 6.61 Å². The second-order valence-corrected chi connectivity index (χ2v) is 2.95. The third-order valence-corrected chi connectivity index (χ3v) is 2.06. The van der Waals surface area contributed by atoms with Gasteiger partial charge in [-0.05, 0) is 13.3 Å². The molecule has 0 aromatic rings. The van der Waals surface area contributed by atoms with Crippen LogP contribution in [0.5, 0.6) is 0 Å². The maximum atomic E-state index is 11.4. The smallest absolute Gasteiger partial charge is 0.139 e. The molecule has 1 aliphatic rings. The summed E-state index contributed by atoms with van der Waals surface area (Å²) >= 11 is 0. The van der Waals surface area contributed by atoms with E-state index in [1.165, 1.54) is 0 Å². The van der Waals surface area contributed by atoms with E-state index in [2.05, 4.69) is 11.8 Å². The van der Waals surface area contributed by atoms with Gasteiger partial charge in [-0.1, -0.05) is 0 Å². The number of hydrogen-bond donors (Lipinski definition) is 0. The van der Waals surface area contributed by atoms with Crippen LogP contribution in [0.15, 0.2) is 0 Å². The molecule has 0 aliphatic carbocycles. The number of carbonyl (C=O) groups is 1. The molecule has 1 fully saturated rings. The highest BCUT2D eigenvalue weighted by Gasteiger charge is 2.22. The summed E-state index contributed by atoms with van der Waals surface area (Å²) in [6.45, 7) is 3.16. The van der Waals surface area contributed by atoms with E-state index in [1.807, 2.05) is 0 Å². The van der Waals surface area contributed by atoms with Crippen molar-refractivity contribution in [3.63, 3.8) is 0 Å². The Hall–Kier alpha value is -0.810. The molecule has 0 aromatic heterocycles. The molecule has 0 N–H and O–H groups in total. The largest absolute Gasteiger partial charge is 0.381 e. The van der Waals surface area contributed by atoms with Crippen LogP contribution in [0, 0.1) is 17.8 Å². The van der Waals surface area contributed by atoms with E-state index in [9.17, 15) is 4.79 Å². The summed E-state index contributed by atoms with van der Waals surface area (Å²) < 4.78 is 5.13. The summed E-state index contributed by atoms with van der Waals surface area (Å²) in [5, 5.41) is 0. The monoisotopic (exact) mass is 166 g/mol. The van der Waals surface area contributed by atoms with Gasteiger partial charge in [0, 0.05) is 25.4 Å². The Bertz CT molecular complexity index is 204. The molecule has 2 heteroatoms. The summed E-state index contributed by atoms with van der Waals surface area (Å²) in [5.41, 5.74) is 0. The summed E-state index contributed by atoms with van der Waals surface area (Å²) in [5.74, 6) is 6.14. The molecule has 0 radical (unpaired) electrons. The Kier molecular flexibility index (Phi) is 3.83. The summed E-state index contributed by atoms with van der Waals surface area (Å²) in [4.78, 5) is 11.4. The van der Waals surface area contributed by atoms with Crippen LogP contribution in [-0.2, 0) is 9.53 Å². The normalized spacial score (nSPS) is 21.6. The minimum absolute atomic E-state index is 0.156. The topological polar surface area (TPSA) is 26.3 Å². The van der Waals surface area contributed by atoms with Crippen molar-refractivity contribution in [2.75, 3.05) is 13.2 Å².